The summed E-state index contributed by atoms with van der Waals surface area (Å²) in [7, 11) is 0. The lowest BCUT2D eigenvalue weighted by Crippen LogP contribution is -2.46. The zero-order chi connectivity index (χ0) is 14.8. The van der Waals surface area contributed by atoms with Crippen LogP contribution in [0.4, 0.5) is 5.13 Å². The van der Waals surface area contributed by atoms with Crippen LogP contribution in [0.5, 0.6) is 0 Å². The maximum absolute atomic E-state index is 12.6. The van der Waals surface area contributed by atoms with Crippen molar-refractivity contribution in [3.63, 3.8) is 0 Å². The van der Waals surface area contributed by atoms with Gasteiger partial charge in [0, 0.05) is 43.2 Å². The summed E-state index contributed by atoms with van der Waals surface area (Å²) < 4.78 is 0. The van der Waals surface area contributed by atoms with Crippen molar-refractivity contribution in [1.82, 2.24) is 9.88 Å². The van der Waals surface area contributed by atoms with Gasteiger partial charge in [-0.3, -0.25) is 4.79 Å². The Hall–Kier alpha value is -1.10. The third-order valence-corrected chi connectivity index (χ3v) is 5.67. The molecule has 3 rings (SSSR count). The summed E-state index contributed by atoms with van der Waals surface area (Å²) in [6, 6.07) is 0. The lowest BCUT2D eigenvalue weighted by Gasteiger charge is -2.37. The second-order valence-corrected chi connectivity index (χ2v) is 7.76. The molecule has 1 aromatic rings. The molecule has 4 nitrogen and oxygen atoms in total. The van der Waals surface area contributed by atoms with E-state index in [2.05, 4.69) is 28.6 Å². The molecule has 1 unspecified atom stereocenters. The van der Waals surface area contributed by atoms with E-state index in [1.807, 2.05) is 6.20 Å². The van der Waals surface area contributed by atoms with Gasteiger partial charge in [0.2, 0.25) is 5.91 Å². The van der Waals surface area contributed by atoms with Gasteiger partial charge in [0.25, 0.3) is 0 Å². The summed E-state index contributed by atoms with van der Waals surface area (Å²) >= 11 is 1.75. The number of likely N-dealkylation sites (tertiary alicyclic amines) is 1. The predicted octanol–water partition coefficient (Wildman–Crippen LogP) is 2.93. The van der Waals surface area contributed by atoms with Crippen LogP contribution in [0.15, 0.2) is 6.20 Å². The number of amides is 1. The number of anilines is 1. The Labute approximate surface area is 131 Å². The van der Waals surface area contributed by atoms with Crippen LogP contribution >= 0.6 is 11.3 Å². The quantitative estimate of drug-likeness (QED) is 0.843. The number of aromatic nitrogens is 1. The van der Waals surface area contributed by atoms with Gasteiger partial charge in [0.1, 0.15) is 0 Å². The van der Waals surface area contributed by atoms with Crippen LogP contribution in [-0.4, -0.2) is 42.0 Å². The number of hydrogen-bond donors (Lipinski definition) is 0. The highest BCUT2D eigenvalue weighted by Crippen LogP contribution is 2.28. The fourth-order valence-electron chi connectivity index (χ4n) is 3.45. The number of carbonyl (C=O) groups is 1. The average Bonchev–Trinajstić information content (AvgIpc) is 2.93. The van der Waals surface area contributed by atoms with E-state index in [0.717, 1.165) is 44.2 Å². The van der Waals surface area contributed by atoms with Gasteiger partial charge >= 0.3 is 0 Å². The van der Waals surface area contributed by atoms with Crippen LogP contribution in [0.25, 0.3) is 0 Å². The van der Waals surface area contributed by atoms with Crippen LogP contribution in [0, 0.1) is 18.8 Å². The maximum atomic E-state index is 12.6. The standard InChI is InChI=1S/C16H25N3OS/c1-12-4-3-7-19(11-12)15(20)14-5-8-18(9-6-14)16-17-10-13(2)21-16/h10,12,14H,3-9,11H2,1-2H3. The molecule has 0 aromatic carbocycles. The van der Waals surface area contributed by atoms with Crippen molar-refractivity contribution in [2.75, 3.05) is 31.1 Å². The van der Waals surface area contributed by atoms with E-state index in [-0.39, 0.29) is 5.92 Å². The van der Waals surface area contributed by atoms with Gasteiger partial charge in [-0.1, -0.05) is 6.92 Å². The van der Waals surface area contributed by atoms with E-state index >= 15 is 0 Å². The van der Waals surface area contributed by atoms with E-state index < -0.39 is 0 Å². The topological polar surface area (TPSA) is 36.4 Å². The van der Waals surface area contributed by atoms with E-state index in [0.29, 0.717) is 11.8 Å². The first-order valence-corrected chi connectivity index (χ1v) is 8.91. The molecule has 0 radical (unpaired) electrons. The lowest BCUT2D eigenvalue weighted by molar-refractivity contribution is -0.137. The summed E-state index contributed by atoms with van der Waals surface area (Å²) in [5.74, 6) is 1.30. The third-order valence-electron chi connectivity index (χ3n) is 4.69. The molecule has 0 N–H and O–H groups in total. The molecule has 2 saturated heterocycles. The van der Waals surface area contributed by atoms with Crippen molar-refractivity contribution in [3.05, 3.63) is 11.1 Å². The van der Waals surface area contributed by atoms with Crippen molar-refractivity contribution >= 4 is 22.4 Å². The molecule has 0 bridgehead atoms. The van der Waals surface area contributed by atoms with Crippen LogP contribution < -0.4 is 4.90 Å². The molecule has 2 aliphatic rings. The molecule has 1 amide bonds. The fourth-order valence-corrected chi connectivity index (χ4v) is 4.26. The van der Waals surface area contributed by atoms with Crippen molar-refractivity contribution in [3.8, 4) is 0 Å². The smallest absolute Gasteiger partial charge is 0.225 e. The Morgan fingerprint density at radius 3 is 2.67 bits per heavy atom. The first-order chi connectivity index (χ1) is 10.1. The molecule has 1 aromatic heterocycles. The zero-order valence-corrected chi connectivity index (χ0v) is 13.9. The molecule has 0 spiro atoms. The van der Waals surface area contributed by atoms with E-state index in [1.54, 1.807) is 11.3 Å². The zero-order valence-electron chi connectivity index (χ0n) is 13.0. The summed E-state index contributed by atoms with van der Waals surface area (Å²) in [6.07, 6.45) is 6.33. The van der Waals surface area contributed by atoms with Gasteiger partial charge in [-0.05, 0) is 38.5 Å². The van der Waals surface area contributed by atoms with Crippen molar-refractivity contribution in [2.45, 2.75) is 39.5 Å². The molecule has 2 fully saturated rings. The van der Waals surface area contributed by atoms with Crippen LogP contribution in [0.3, 0.4) is 0 Å². The molecule has 0 saturated carbocycles. The van der Waals surface area contributed by atoms with Gasteiger partial charge < -0.3 is 9.80 Å². The van der Waals surface area contributed by atoms with E-state index in [4.69, 9.17) is 0 Å². The third kappa shape index (κ3) is 3.39. The largest absolute Gasteiger partial charge is 0.348 e. The van der Waals surface area contributed by atoms with Gasteiger partial charge in [0.15, 0.2) is 5.13 Å². The van der Waals surface area contributed by atoms with Crippen molar-refractivity contribution < 1.29 is 4.79 Å². The Morgan fingerprint density at radius 2 is 2.05 bits per heavy atom. The Kier molecular flexibility index (Phi) is 4.48. The van der Waals surface area contributed by atoms with Crippen molar-refractivity contribution in [2.24, 2.45) is 11.8 Å². The van der Waals surface area contributed by atoms with Crippen LogP contribution in [0.2, 0.25) is 0 Å². The summed E-state index contributed by atoms with van der Waals surface area (Å²) in [5.41, 5.74) is 0. The highest BCUT2D eigenvalue weighted by atomic mass is 32.1. The maximum Gasteiger partial charge on any atom is 0.225 e. The Morgan fingerprint density at radius 1 is 1.29 bits per heavy atom. The first-order valence-electron chi connectivity index (χ1n) is 8.09. The molecular formula is C16H25N3OS. The number of nitrogens with zero attached hydrogens (tertiary/aromatic N) is 3. The van der Waals surface area contributed by atoms with Gasteiger partial charge in [-0.15, -0.1) is 11.3 Å². The minimum Gasteiger partial charge on any atom is -0.348 e. The number of carbonyl (C=O) groups excluding carboxylic acids is 1. The summed E-state index contributed by atoms with van der Waals surface area (Å²) in [6.45, 7) is 8.21. The minimum absolute atomic E-state index is 0.229. The number of thiazole rings is 1. The van der Waals surface area contributed by atoms with Gasteiger partial charge in [-0.25, -0.2) is 4.98 Å². The van der Waals surface area contributed by atoms with Crippen LogP contribution in [0.1, 0.15) is 37.5 Å². The van der Waals surface area contributed by atoms with Gasteiger partial charge in [0.05, 0.1) is 0 Å². The van der Waals surface area contributed by atoms with E-state index in [1.165, 1.54) is 17.7 Å². The molecule has 5 heteroatoms. The summed E-state index contributed by atoms with van der Waals surface area (Å²) in [4.78, 5) is 22.8. The summed E-state index contributed by atoms with van der Waals surface area (Å²) in [5, 5.41) is 1.12. The number of piperidine rings is 2. The van der Waals surface area contributed by atoms with Crippen molar-refractivity contribution in [1.29, 1.82) is 0 Å². The molecule has 2 aliphatic heterocycles. The van der Waals surface area contributed by atoms with Gasteiger partial charge in [-0.2, -0.15) is 0 Å². The number of rotatable bonds is 2. The minimum atomic E-state index is 0.229. The highest BCUT2D eigenvalue weighted by molar-refractivity contribution is 7.15. The van der Waals surface area contributed by atoms with Crippen LogP contribution in [-0.2, 0) is 4.79 Å². The monoisotopic (exact) mass is 307 g/mol. The lowest BCUT2D eigenvalue weighted by atomic mass is 9.93. The van der Waals surface area contributed by atoms with E-state index in [9.17, 15) is 4.79 Å². The molecular weight excluding hydrogens is 282 g/mol. The first kappa shape index (κ1) is 14.8. The highest BCUT2D eigenvalue weighted by Gasteiger charge is 2.31. The number of hydrogen-bond acceptors (Lipinski definition) is 4. The SMILES string of the molecule is Cc1cnc(N2CCC(C(=O)N3CCCC(C)C3)CC2)s1. The Bertz CT molecular complexity index is 493. The normalized spacial score (nSPS) is 24.4. The Balaban J connectivity index is 1.54. The predicted molar refractivity (Wildman–Crippen MR) is 86.8 cm³/mol. The molecule has 1 atom stereocenters. The average molecular weight is 307 g/mol. The number of aryl methyl sites for hydroxylation is 1. The molecule has 116 valence electrons. The second kappa shape index (κ2) is 6.34. The second-order valence-electron chi connectivity index (χ2n) is 6.55. The molecule has 21 heavy (non-hydrogen) atoms. The fraction of sp³-hybridized carbons (Fsp3) is 0.750. The molecule has 3 heterocycles. The molecule has 0 aliphatic carbocycles.